The van der Waals surface area contributed by atoms with Crippen molar-refractivity contribution in [2.75, 3.05) is 0 Å². The summed E-state index contributed by atoms with van der Waals surface area (Å²) in [5.41, 5.74) is 7.87. The van der Waals surface area contributed by atoms with E-state index in [0.29, 0.717) is 0 Å². The summed E-state index contributed by atoms with van der Waals surface area (Å²) in [4.78, 5) is 0. The van der Waals surface area contributed by atoms with Gasteiger partial charge in [0.25, 0.3) is 0 Å². The number of rotatable bonds is 1. The Morgan fingerprint density at radius 1 is 0.283 bits per heavy atom. The van der Waals surface area contributed by atoms with Crippen LogP contribution in [-0.4, -0.2) is 0 Å². The van der Waals surface area contributed by atoms with Crippen LogP contribution < -0.4 is 0 Å². The lowest BCUT2D eigenvalue weighted by Crippen LogP contribution is -1.95. The molecule has 0 unspecified atom stereocenters. The van der Waals surface area contributed by atoms with E-state index in [0.717, 1.165) is 0 Å². The van der Waals surface area contributed by atoms with Crippen LogP contribution in [-0.2, 0) is 0 Å². The first-order valence-corrected chi connectivity index (χ1v) is 16.4. The van der Waals surface area contributed by atoms with E-state index >= 15 is 0 Å². The highest BCUT2D eigenvalue weighted by molar-refractivity contribution is 6.45. The molecule has 216 valence electrons. The molecule has 0 heterocycles. The van der Waals surface area contributed by atoms with Crippen molar-refractivity contribution >= 4 is 86.2 Å². The summed E-state index contributed by atoms with van der Waals surface area (Å²) in [6.07, 6.45) is 0. The van der Waals surface area contributed by atoms with Crippen molar-refractivity contribution in [2.24, 2.45) is 0 Å². The molecule has 0 radical (unpaired) electrons. The average molecular weight is 585 g/mol. The molecule has 0 heteroatoms. The lowest BCUT2D eigenvalue weighted by atomic mass is 9.79. The van der Waals surface area contributed by atoms with Crippen LogP contribution >= 0.6 is 0 Å². The second-order valence-electron chi connectivity index (χ2n) is 13.6. The van der Waals surface area contributed by atoms with Gasteiger partial charge in [-0.15, -0.1) is 0 Å². The van der Waals surface area contributed by atoms with E-state index < -0.39 is 0 Å². The van der Waals surface area contributed by atoms with Crippen molar-refractivity contribution in [2.45, 2.75) is 27.7 Å². The Bertz CT molecular complexity index is 2880. The maximum Gasteiger partial charge on any atom is -0.000741 e. The number of hydrogen-bond donors (Lipinski definition) is 0. The zero-order valence-corrected chi connectivity index (χ0v) is 26.5. The third kappa shape index (κ3) is 3.34. The molecule has 0 amide bonds. The standard InChI is InChI=1S/C46H32/c1-25-12-16-29-23-30-17-13-26(2)21-38(30)44(37(29)20-25)42-33-8-5-6-9-34(33)45-43-35(10-7-11-36(42)43)40-28(4)15-19-32-24-31-18-14-27(3)22-39(31)46(45)41(32)40/h5-24H,1-4H3. The van der Waals surface area contributed by atoms with E-state index in [2.05, 4.69) is 149 Å². The summed E-state index contributed by atoms with van der Waals surface area (Å²) in [6.45, 7) is 8.94. The molecular weight excluding hydrogens is 553 g/mol. The van der Waals surface area contributed by atoms with E-state index in [1.807, 2.05) is 0 Å². The normalized spacial score (nSPS) is 12.3. The third-order valence-corrected chi connectivity index (χ3v) is 10.6. The number of aryl methyl sites for hydroxylation is 4. The molecule has 0 nitrogen and oxygen atoms in total. The maximum absolute atomic E-state index is 2.41. The fourth-order valence-electron chi connectivity index (χ4n) is 8.61. The highest BCUT2D eigenvalue weighted by Crippen LogP contribution is 2.52. The van der Waals surface area contributed by atoms with Crippen LogP contribution in [0.25, 0.3) is 97.3 Å². The lowest BCUT2D eigenvalue weighted by Gasteiger charge is -2.23. The van der Waals surface area contributed by atoms with E-state index in [1.165, 1.54) is 120 Å². The van der Waals surface area contributed by atoms with Crippen molar-refractivity contribution in [3.8, 4) is 11.1 Å². The highest BCUT2D eigenvalue weighted by atomic mass is 14.3. The van der Waals surface area contributed by atoms with Crippen molar-refractivity contribution in [1.82, 2.24) is 0 Å². The van der Waals surface area contributed by atoms with Crippen LogP contribution in [0.1, 0.15) is 22.3 Å². The van der Waals surface area contributed by atoms with E-state index in [1.54, 1.807) is 0 Å². The molecule has 0 saturated heterocycles. The molecule has 0 aliphatic carbocycles. The van der Waals surface area contributed by atoms with Crippen LogP contribution in [0.4, 0.5) is 0 Å². The minimum atomic E-state index is 1.28. The summed E-state index contributed by atoms with van der Waals surface area (Å²) < 4.78 is 0. The molecule has 0 bridgehead atoms. The molecule has 0 aromatic heterocycles. The number of hydrogen-bond acceptors (Lipinski definition) is 0. The Balaban J connectivity index is 1.58. The lowest BCUT2D eigenvalue weighted by molar-refractivity contribution is 1.50. The van der Waals surface area contributed by atoms with E-state index in [4.69, 9.17) is 0 Å². The van der Waals surface area contributed by atoms with Crippen molar-refractivity contribution in [3.63, 3.8) is 0 Å². The van der Waals surface area contributed by atoms with Gasteiger partial charge in [-0.05, 0) is 143 Å². The smallest absolute Gasteiger partial charge is 0.000741 e. The molecular formula is C46H32. The SMILES string of the molecule is Cc1ccc2cc3ccc(C)cc3c(-c3c4ccccc4c4c5c3cccc5c3c(C)ccc5cc6ccc(C)cc6c4c53)c2c1. The first kappa shape index (κ1) is 25.8. The van der Waals surface area contributed by atoms with Crippen molar-refractivity contribution in [1.29, 1.82) is 0 Å². The first-order valence-electron chi connectivity index (χ1n) is 16.4. The van der Waals surface area contributed by atoms with E-state index in [9.17, 15) is 0 Å². The van der Waals surface area contributed by atoms with Crippen molar-refractivity contribution < 1.29 is 0 Å². The van der Waals surface area contributed by atoms with Gasteiger partial charge in [-0.3, -0.25) is 0 Å². The monoisotopic (exact) mass is 584 g/mol. The Hall–Kier alpha value is -5.46. The highest BCUT2D eigenvalue weighted by Gasteiger charge is 2.23. The maximum atomic E-state index is 2.41. The Labute approximate surface area is 267 Å². The van der Waals surface area contributed by atoms with Crippen LogP contribution in [0.5, 0.6) is 0 Å². The number of benzene rings is 10. The zero-order chi connectivity index (χ0) is 30.8. The molecule has 0 fully saturated rings. The molecule has 0 spiro atoms. The second kappa shape index (κ2) is 9.05. The van der Waals surface area contributed by atoms with Gasteiger partial charge in [0.15, 0.2) is 0 Å². The van der Waals surface area contributed by atoms with Gasteiger partial charge >= 0.3 is 0 Å². The minimum Gasteiger partial charge on any atom is -0.0616 e. The molecule has 0 N–H and O–H groups in total. The predicted molar refractivity (Wildman–Crippen MR) is 202 cm³/mol. The fraction of sp³-hybridized carbons (Fsp3) is 0.0870. The van der Waals surface area contributed by atoms with Crippen LogP contribution in [0.3, 0.4) is 0 Å². The first-order chi connectivity index (χ1) is 22.5. The molecule has 0 atom stereocenters. The second-order valence-corrected chi connectivity index (χ2v) is 13.6. The van der Waals surface area contributed by atoms with Gasteiger partial charge in [-0.25, -0.2) is 0 Å². The largest absolute Gasteiger partial charge is 0.0616 e. The summed E-state index contributed by atoms with van der Waals surface area (Å²) in [6, 6.07) is 46.5. The summed E-state index contributed by atoms with van der Waals surface area (Å²) >= 11 is 0. The van der Waals surface area contributed by atoms with Crippen molar-refractivity contribution in [3.05, 3.63) is 144 Å². The molecule has 0 aliphatic rings. The fourth-order valence-corrected chi connectivity index (χ4v) is 8.61. The average Bonchev–Trinajstić information content (AvgIpc) is 3.06. The molecule has 10 aromatic carbocycles. The topological polar surface area (TPSA) is 0 Å². The molecule has 0 aliphatic heterocycles. The van der Waals surface area contributed by atoms with Gasteiger partial charge in [-0.1, -0.05) is 126 Å². The van der Waals surface area contributed by atoms with Gasteiger partial charge in [0.2, 0.25) is 0 Å². The van der Waals surface area contributed by atoms with Gasteiger partial charge in [0.05, 0.1) is 0 Å². The Morgan fingerprint density at radius 3 is 1.48 bits per heavy atom. The molecule has 46 heavy (non-hydrogen) atoms. The van der Waals surface area contributed by atoms with Gasteiger partial charge in [-0.2, -0.15) is 0 Å². The molecule has 10 aromatic rings. The predicted octanol–water partition coefficient (Wildman–Crippen LogP) is 13.3. The Kier molecular flexibility index (Phi) is 5.08. The summed E-state index contributed by atoms with van der Waals surface area (Å²) in [5, 5.41) is 21.4. The van der Waals surface area contributed by atoms with Crippen LogP contribution in [0, 0.1) is 27.7 Å². The van der Waals surface area contributed by atoms with Gasteiger partial charge < -0.3 is 0 Å². The van der Waals surface area contributed by atoms with Gasteiger partial charge in [0.1, 0.15) is 0 Å². The minimum absolute atomic E-state index is 1.28. The summed E-state index contributed by atoms with van der Waals surface area (Å²) in [5.74, 6) is 0. The zero-order valence-electron chi connectivity index (χ0n) is 26.5. The number of fused-ring (bicyclic) bond motifs is 8. The van der Waals surface area contributed by atoms with Crippen LogP contribution in [0.2, 0.25) is 0 Å². The quantitative estimate of drug-likeness (QED) is 0.133. The molecule has 0 saturated carbocycles. The van der Waals surface area contributed by atoms with E-state index in [-0.39, 0.29) is 0 Å². The van der Waals surface area contributed by atoms with Gasteiger partial charge in [0, 0.05) is 0 Å². The Morgan fingerprint density at radius 2 is 0.783 bits per heavy atom. The van der Waals surface area contributed by atoms with Crippen LogP contribution in [0.15, 0.2) is 121 Å². The third-order valence-electron chi connectivity index (χ3n) is 10.6. The summed E-state index contributed by atoms with van der Waals surface area (Å²) in [7, 11) is 0. The molecule has 10 rings (SSSR count).